The summed E-state index contributed by atoms with van der Waals surface area (Å²) in [5.74, 6) is 0. The van der Waals surface area contributed by atoms with Gasteiger partial charge in [-0.15, -0.1) is 0 Å². The Labute approximate surface area is 376 Å². The molecule has 0 fully saturated rings. The topological polar surface area (TPSA) is 6.48 Å². The zero-order chi connectivity index (χ0) is 43.7. The molecule has 11 aromatic carbocycles. The summed E-state index contributed by atoms with van der Waals surface area (Å²) < 4.78 is 0. The number of nitrogens with zero attached hydrogens (tertiary/aromatic N) is 2. The Bertz CT molecular complexity index is 3230. The molecule has 0 aromatic heterocycles. The Morgan fingerprint density at radius 1 is 0.219 bits per heavy atom. The van der Waals surface area contributed by atoms with Gasteiger partial charge in [-0.25, -0.2) is 0 Å². The average molecular weight is 825 g/mol. The molecule has 0 bridgehead atoms. The summed E-state index contributed by atoms with van der Waals surface area (Å²) in [5.41, 5.74) is 9.43. The first-order chi connectivity index (χ1) is 31.0. The van der Waals surface area contributed by atoms with Crippen molar-refractivity contribution in [1.29, 1.82) is 0 Å². The first kappa shape index (κ1) is 39.4. The molecule has 0 aliphatic carbocycles. The lowest BCUT2D eigenvalue weighted by Crippen LogP contribution is -2.11. The lowest BCUT2D eigenvalue weighted by Gasteiger charge is -2.27. The summed E-state index contributed by atoms with van der Waals surface area (Å²) in [7, 11) is 0. The van der Waals surface area contributed by atoms with Crippen molar-refractivity contribution in [3.05, 3.63) is 217 Å². The van der Waals surface area contributed by atoms with E-state index in [1.54, 1.807) is 0 Å². The molecule has 0 saturated carbocycles. The van der Waals surface area contributed by atoms with Crippen LogP contribution in [0.5, 0.6) is 0 Å². The van der Waals surface area contributed by atoms with Crippen LogP contribution in [0, 0.1) is 0 Å². The highest BCUT2D eigenvalue weighted by Crippen LogP contribution is 2.47. The van der Waals surface area contributed by atoms with Gasteiger partial charge in [0.2, 0.25) is 0 Å². The summed E-state index contributed by atoms with van der Waals surface area (Å²) in [4.78, 5) is 4.75. The molecule has 11 rings (SSSR count). The number of fused-ring (bicyclic) bond motifs is 12. The van der Waals surface area contributed by atoms with E-state index in [1.165, 1.54) is 75.8 Å². The van der Waals surface area contributed by atoms with Crippen LogP contribution < -0.4 is 9.80 Å². The number of anilines is 6. The van der Waals surface area contributed by atoms with Crippen LogP contribution in [-0.2, 0) is 10.8 Å². The van der Waals surface area contributed by atoms with E-state index in [4.69, 9.17) is 0 Å². The van der Waals surface area contributed by atoms with Gasteiger partial charge in [-0.2, -0.15) is 0 Å². The SMILES string of the molecule is CC(C)(C)c1ccc2c(c1)c1cc(N(c3ccccc3)c3ccccc3)ccc1c1cc3c4ccc(C(C)(C)C)cc4c4cc(N(c5ccccc5)c5ccccc5)ccc4c3cc21. The zero-order valence-corrected chi connectivity index (χ0v) is 37.5. The van der Waals surface area contributed by atoms with Gasteiger partial charge >= 0.3 is 0 Å². The highest BCUT2D eigenvalue weighted by Gasteiger charge is 2.22. The second-order valence-electron chi connectivity index (χ2n) is 19.4. The number of hydrogen-bond acceptors (Lipinski definition) is 2. The summed E-state index contributed by atoms with van der Waals surface area (Å²) in [5, 5.41) is 15.2. The summed E-state index contributed by atoms with van der Waals surface area (Å²) in [6.07, 6.45) is 0. The van der Waals surface area contributed by atoms with Crippen molar-refractivity contribution in [2.45, 2.75) is 52.4 Å². The summed E-state index contributed by atoms with van der Waals surface area (Å²) in [6, 6.07) is 76.5. The molecule has 2 nitrogen and oxygen atoms in total. The molecule has 2 heteroatoms. The molecule has 64 heavy (non-hydrogen) atoms. The van der Waals surface area contributed by atoms with Crippen molar-refractivity contribution in [2.75, 3.05) is 9.80 Å². The molecule has 11 aromatic rings. The van der Waals surface area contributed by atoms with Crippen LogP contribution in [0.3, 0.4) is 0 Å². The largest absolute Gasteiger partial charge is 0.310 e. The molecule has 0 spiro atoms. The first-order valence-corrected chi connectivity index (χ1v) is 22.6. The standard InChI is InChI=1S/C62H52N2/c1-61(2,3)41-27-31-49-53(35-41)55-37-47(63(43-19-11-7-12-20-43)44-21-13-8-14-22-44)29-33-51(55)59-40-58-50-32-28-42(62(4,5)6)36-54(50)56-38-48(30-34-52(56)60(58)39-57(49)59)64(45-23-15-9-16-24-45)46-25-17-10-18-26-46/h7-40H,1-6H3. The minimum atomic E-state index is -0.0112. The minimum Gasteiger partial charge on any atom is -0.310 e. The maximum absolute atomic E-state index is 2.50. The third kappa shape index (κ3) is 6.73. The maximum atomic E-state index is 2.50. The average Bonchev–Trinajstić information content (AvgIpc) is 3.32. The van der Waals surface area contributed by atoms with Crippen LogP contribution >= 0.6 is 0 Å². The van der Waals surface area contributed by atoms with Crippen molar-refractivity contribution in [2.24, 2.45) is 0 Å². The number of para-hydroxylation sites is 4. The molecular weight excluding hydrogens is 773 g/mol. The third-order valence-electron chi connectivity index (χ3n) is 13.3. The van der Waals surface area contributed by atoms with Crippen LogP contribution in [0.1, 0.15) is 52.7 Å². The van der Waals surface area contributed by atoms with Crippen LogP contribution in [0.15, 0.2) is 206 Å². The van der Waals surface area contributed by atoms with Gasteiger partial charge in [-0.3, -0.25) is 0 Å². The minimum absolute atomic E-state index is 0.0112. The molecule has 0 unspecified atom stereocenters. The van der Waals surface area contributed by atoms with Crippen LogP contribution in [0.25, 0.3) is 64.6 Å². The molecule has 0 aliphatic heterocycles. The van der Waals surface area contributed by atoms with Crippen molar-refractivity contribution in [3.8, 4) is 0 Å². The quantitative estimate of drug-likeness (QED) is 0.122. The molecule has 0 amide bonds. The molecule has 0 N–H and O–H groups in total. The van der Waals surface area contributed by atoms with Crippen molar-refractivity contribution in [1.82, 2.24) is 0 Å². The predicted molar refractivity (Wildman–Crippen MR) is 278 cm³/mol. The van der Waals surface area contributed by atoms with E-state index in [2.05, 4.69) is 258 Å². The van der Waals surface area contributed by atoms with Gasteiger partial charge in [0.05, 0.1) is 0 Å². The lowest BCUT2D eigenvalue weighted by atomic mass is 9.82. The Kier molecular flexibility index (Phi) is 9.33. The smallest absolute Gasteiger partial charge is 0.0468 e. The van der Waals surface area contributed by atoms with Crippen molar-refractivity contribution < 1.29 is 0 Å². The fourth-order valence-corrected chi connectivity index (χ4v) is 9.89. The fourth-order valence-electron chi connectivity index (χ4n) is 9.89. The second-order valence-corrected chi connectivity index (χ2v) is 19.4. The van der Waals surface area contributed by atoms with E-state index in [1.807, 2.05) is 0 Å². The van der Waals surface area contributed by atoms with E-state index in [0.29, 0.717) is 0 Å². The lowest BCUT2D eigenvalue weighted by molar-refractivity contribution is 0.591. The van der Waals surface area contributed by atoms with Gasteiger partial charge in [0.1, 0.15) is 0 Å². The van der Waals surface area contributed by atoms with Gasteiger partial charge in [-0.05, 0) is 184 Å². The fraction of sp³-hybridized carbons (Fsp3) is 0.129. The number of benzene rings is 11. The van der Waals surface area contributed by atoms with Crippen LogP contribution in [0.4, 0.5) is 34.1 Å². The molecule has 0 radical (unpaired) electrons. The monoisotopic (exact) mass is 824 g/mol. The van der Waals surface area contributed by atoms with Crippen LogP contribution in [-0.4, -0.2) is 0 Å². The molecule has 0 heterocycles. The van der Waals surface area contributed by atoms with Gasteiger partial charge in [-0.1, -0.05) is 151 Å². The third-order valence-corrected chi connectivity index (χ3v) is 13.3. The molecule has 310 valence electrons. The zero-order valence-electron chi connectivity index (χ0n) is 37.5. The molecular formula is C62H52N2. The highest BCUT2D eigenvalue weighted by atomic mass is 15.1. The Morgan fingerprint density at radius 3 is 0.750 bits per heavy atom. The van der Waals surface area contributed by atoms with Gasteiger partial charge in [0, 0.05) is 34.1 Å². The second kappa shape index (κ2) is 15.1. The van der Waals surface area contributed by atoms with E-state index >= 15 is 0 Å². The Balaban J connectivity index is 1.23. The normalized spacial score (nSPS) is 12.2. The Hall–Kier alpha value is -7.42. The highest BCUT2D eigenvalue weighted by molar-refractivity contribution is 6.33. The van der Waals surface area contributed by atoms with E-state index in [-0.39, 0.29) is 10.8 Å². The molecule has 0 atom stereocenters. The summed E-state index contributed by atoms with van der Waals surface area (Å²) in [6.45, 7) is 13.9. The predicted octanol–water partition coefficient (Wildman–Crippen LogP) is 18.1. The Morgan fingerprint density at radius 2 is 0.469 bits per heavy atom. The number of hydrogen-bond donors (Lipinski definition) is 0. The maximum Gasteiger partial charge on any atom is 0.0468 e. The van der Waals surface area contributed by atoms with E-state index < -0.39 is 0 Å². The summed E-state index contributed by atoms with van der Waals surface area (Å²) >= 11 is 0. The van der Waals surface area contributed by atoms with Gasteiger partial charge in [0.25, 0.3) is 0 Å². The van der Waals surface area contributed by atoms with Crippen molar-refractivity contribution in [3.63, 3.8) is 0 Å². The first-order valence-electron chi connectivity index (χ1n) is 22.6. The van der Waals surface area contributed by atoms with Crippen molar-refractivity contribution >= 4 is 98.8 Å². The number of rotatable bonds is 6. The van der Waals surface area contributed by atoms with E-state index in [9.17, 15) is 0 Å². The van der Waals surface area contributed by atoms with Gasteiger partial charge < -0.3 is 9.80 Å². The van der Waals surface area contributed by atoms with Gasteiger partial charge in [0.15, 0.2) is 0 Å². The van der Waals surface area contributed by atoms with E-state index in [0.717, 1.165) is 34.1 Å². The molecule has 0 aliphatic rings. The molecule has 0 saturated heterocycles. The van der Waals surface area contributed by atoms with Crippen LogP contribution in [0.2, 0.25) is 0 Å².